The number of carbonyl (C=O) groups is 1. The fourth-order valence-electron chi connectivity index (χ4n) is 3.21. The summed E-state index contributed by atoms with van der Waals surface area (Å²) < 4.78 is 1.69. The molecule has 0 saturated carbocycles. The van der Waals surface area contributed by atoms with Crippen molar-refractivity contribution in [3.63, 3.8) is 0 Å². The Kier molecular flexibility index (Phi) is 2.65. The highest BCUT2D eigenvalue weighted by Gasteiger charge is 2.37. The highest BCUT2D eigenvalue weighted by Crippen LogP contribution is 2.42. The number of nitrogens with two attached hydrogens (primary N) is 1. The zero-order valence-electron chi connectivity index (χ0n) is 11.5. The molecule has 2 aliphatic rings. The van der Waals surface area contributed by atoms with E-state index in [2.05, 4.69) is 26.8 Å². The average Bonchev–Trinajstić information content (AvgIpc) is 3.06. The van der Waals surface area contributed by atoms with Crippen LogP contribution in [0.4, 0.5) is 11.9 Å². The number of thiophene rings is 1. The van der Waals surface area contributed by atoms with Gasteiger partial charge in [-0.05, 0) is 24.8 Å². The van der Waals surface area contributed by atoms with Crippen molar-refractivity contribution in [2.75, 3.05) is 11.1 Å². The first kappa shape index (κ1) is 12.6. The zero-order chi connectivity index (χ0) is 14.6. The molecule has 6 nitrogen and oxygen atoms in total. The second-order valence-corrected chi connectivity index (χ2v) is 6.45. The van der Waals surface area contributed by atoms with Gasteiger partial charge < -0.3 is 11.1 Å². The molecule has 2 atom stereocenters. The number of carbonyl (C=O) groups excluding carboxylic acids is 1. The maximum atomic E-state index is 12.6. The van der Waals surface area contributed by atoms with Crippen molar-refractivity contribution in [2.45, 2.75) is 31.7 Å². The lowest BCUT2D eigenvalue weighted by Crippen LogP contribution is -2.31. The number of ketones is 1. The quantitative estimate of drug-likeness (QED) is 0.844. The van der Waals surface area contributed by atoms with Crippen molar-refractivity contribution in [2.24, 2.45) is 0 Å². The van der Waals surface area contributed by atoms with Gasteiger partial charge in [-0.15, -0.1) is 16.4 Å². The van der Waals surface area contributed by atoms with Crippen LogP contribution in [0.25, 0.3) is 0 Å². The number of fused-ring (bicyclic) bond motifs is 1. The molecule has 1 aliphatic carbocycles. The number of nitrogens with one attached hydrogen (secondary N) is 1. The van der Waals surface area contributed by atoms with Crippen molar-refractivity contribution in [3.05, 3.63) is 33.7 Å². The first-order valence-electron chi connectivity index (χ1n) is 6.92. The Morgan fingerprint density at radius 2 is 2.33 bits per heavy atom. The largest absolute Gasteiger partial charge is 0.366 e. The Balaban J connectivity index is 1.73. The molecule has 1 aliphatic heterocycles. The van der Waals surface area contributed by atoms with Crippen molar-refractivity contribution in [1.82, 2.24) is 14.8 Å². The fourth-order valence-corrected chi connectivity index (χ4v) is 4.04. The Hall–Kier alpha value is -2.15. The Labute approximate surface area is 125 Å². The number of aromatic nitrogens is 3. The molecule has 2 aromatic heterocycles. The number of hydrogen-bond donors (Lipinski definition) is 2. The van der Waals surface area contributed by atoms with E-state index in [1.807, 2.05) is 13.0 Å². The van der Waals surface area contributed by atoms with Crippen LogP contribution in [0.1, 0.15) is 36.6 Å². The van der Waals surface area contributed by atoms with Crippen molar-refractivity contribution in [3.8, 4) is 0 Å². The molecule has 0 spiro atoms. The standard InChI is InChI=1S/C14H15N5OS/c1-7-12-9(16-14-17-13(15)18-19(7)14)5-8(6-10(12)20)11-3-2-4-21-11/h2-4,7-8H,5-6H2,1H3,(H3,15,16,17,18)/t7-,8-/m0/s1. The summed E-state index contributed by atoms with van der Waals surface area (Å²) in [7, 11) is 0. The zero-order valence-corrected chi connectivity index (χ0v) is 12.4. The van der Waals surface area contributed by atoms with Crippen LogP contribution in [0.15, 0.2) is 28.8 Å². The van der Waals surface area contributed by atoms with Gasteiger partial charge in [0.15, 0.2) is 5.78 Å². The molecule has 7 heteroatoms. The molecule has 0 bridgehead atoms. The third-order valence-electron chi connectivity index (χ3n) is 4.15. The summed E-state index contributed by atoms with van der Waals surface area (Å²) in [4.78, 5) is 18.0. The second-order valence-electron chi connectivity index (χ2n) is 5.48. The summed E-state index contributed by atoms with van der Waals surface area (Å²) in [5, 5.41) is 9.46. The predicted molar refractivity (Wildman–Crippen MR) is 81.1 cm³/mol. The average molecular weight is 301 g/mol. The minimum atomic E-state index is -0.113. The van der Waals surface area contributed by atoms with E-state index in [9.17, 15) is 4.79 Å². The SMILES string of the molecule is C[C@H]1C2=C(C[C@H](c3cccs3)CC2=O)Nc2nc(N)nn21. The van der Waals surface area contributed by atoms with Gasteiger partial charge in [-0.1, -0.05) is 6.07 Å². The summed E-state index contributed by atoms with van der Waals surface area (Å²) in [5.74, 6) is 1.29. The molecule has 21 heavy (non-hydrogen) atoms. The van der Waals surface area contributed by atoms with Crippen molar-refractivity contribution >= 4 is 29.0 Å². The van der Waals surface area contributed by atoms with E-state index in [0.29, 0.717) is 12.4 Å². The molecule has 3 heterocycles. The molecule has 108 valence electrons. The Morgan fingerprint density at radius 1 is 1.48 bits per heavy atom. The van der Waals surface area contributed by atoms with E-state index in [-0.39, 0.29) is 23.7 Å². The van der Waals surface area contributed by atoms with Crippen LogP contribution in [0.3, 0.4) is 0 Å². The number of hydrogen-bond acceptors (Lipinski definition) is 6. The van der Waals surface area contributed by atoms with Gasteiger partial charge in [0.05, 0.1) is 6.04 Å². The van der Waals surface area contributed by atoms with Crippen molar-refractivity contribution in [1.29, 1.82) is 0 Å². The van der Waals surface area contributed by atoms with Gasteiger partial charge in [0.25, 0.3) is 0 Å². The molecule has 2 aromatic rings. The molecule has 4 rings (SSSR count). The fraction of sp³-hybridized carbons (Fsp3) is 0.357. The normalized spacial score (nSPS) is 24.5. The highest BCUT2D eigenvalue weighted by molar-refractivity contribution is 7.10. The first-order chi connectivity index (χ1) is 10.1. The van der Waals surface area contributed by atoms with Gasteiger partial charge >= 0.3 is 0 Å². The molecule has 3 N–H and O–H groups in total. The van der Waals surface area contributed by atoms with E-state index < -0.39 is 0 Å². The Morgan fingerprint density at radius 3 is 3.10 bits per heavy atom. The lowest BCUT2D eigenvalue weighted by atomic mass is 9.82. The molecule has 0 radical (unpaired) electrons. The van der Waals surface area contributed by atoms with Gasteiger partial charge in [-0.3, -0.25) is 4.79 Å². The minimum Gasteiger partial charge on any atom is -0.366 e. The van der Waals surface area contributed by atoms with Crippen LogP contribution in [-0.4, -0.2) is 20.5 Å². The summed E-state index contributed by atoms with van der Waals surface area (Å²) in [6.07, 6.45) is 1.39. The molecule has 0 unspecified atom stereocenters. The molecule has 0 amide bonds. The van der Waals surface area contributed by atoms with Crippen LogP contribution in [0, 0.1) is 0 Å². The summed E-state index contributed by atoms with van der Waals surface area (Å²) >= 11 is 1.71. The van der Waals surface area contributed by atoms with Gasteiger partial charge in [-0.2, -0.15) is 4.98 Å². The van der Waals surface area contributed by atoms with Crippen LogP contribution in [0.2, 0.25) is 0 Å². The number of allylic oxidation sites excluding steroid dienone is 2. The van der Waals surface area contributed by atoms with Crippen LogP contribution < -0.4 is 11.1 Å². The Bertz CT molecular complexity index is 746. The number of nitrogens with zero attached hydrogens (tertiary/aromatic N) is 3. The third-order valence-corrected chi connectivity index (χ3v) is 5.18. The first-order valence-corrected chi connectivity index (χ1v) is 7.80. The van der Waals surface area contributed by atoms with E-state index in [4.69, 9.17) is 5.73 Å². The summed E-state index contributed by atoms with van der Waals surface area (Å²) in [5.41, 5.74) is 7.45. The van der Waals surface area contributed by atoms with Crippen LogP contribution in [0.5, 0.6) is 0 Å². The monoisotopic (exact) mass is 301 g/mol. The molecular weight excluding hydrogens is 286 g/mol. The lowest BCUT2D eigenvalue weighted by molar-refractivity contribution is -0.116. The highest BCUT2D eigenvalue weighted by atomic mass is 32.1. The number of anilines is 2. The topological polar surface area (TPSA) is 85.8 Å². The van der Waals surface area contributed by atoms with E-state index in [1.165, 1.54) is 4.88 Å². The van der Waals surface area contributed by atoms with E-state index >= 15 is 0 Å². The van der Waals surface area contributed by atoms with E-state index in [0.717, 1.165) is 17.7 Å². The van der Waals surface area contributed by atoms with E-state index in [1.54, 1.807) is 16.0 Å². The summed E-state index contributed by atoms with van der Waals surface area (Å²) in [6, 6.07) is 4.02. The van der Waals surface area contributed by atoms with Crippen LogP contribution >= 0.6 is 11.3 Å². The number of rotatable bonds is 1. The van der Waals surface area contributed by atoms with Gasteiger partial charge in [0.2, 0.25) is 11.9 Å². The maximum Gasteiger partial charge on any atom is 0.241 e. The smallest absolute Gasteiger partial charge is 0.241 e. The predicted octanol–water partition coefficient (Wildman–Crippen LogP) is 2.31. The van der Waals surface area contributed by atoms with Gasteiger partial charge in [0.1, 0.15) is 0 Å². The third kappa shape index (κ3) is 1.88. The van der Waals surface area contributed by atoms with Crippen LogP contribution in [-0.2, 0) is 4.79 Å². The number of nitrogen functional groups attached to an aromatic ring is 1. The van der Waals surface area contributed by atoms with Gasteiger partial charge in [-0.25, -0.2) is 4.68 Å². The minimum absolute atomic E-state index is 0.113. The summed E-state index contributed by atoms with van der Waals surface area (Å²) in [6.45, 7) is 1.97. The maximum absolute atomic E-state index is 12.6. The number of Topliss-reactive ketones (excluding diaryl/α,β-unsaturated/α-hetero) is 1. The lowest BCUT2D eigenvalue weighted by Gasteiger charge is -2.32. The second kappa shape index (κ2) is 4.42. The molecule has 0 aromatic carbocycles. The van der Waals surface area contributed by atoms with Crippen molar-refractivity contribution < 1.29 is 4.79 Å². The molecular formula is C14H15N5OS. The van der Waals surface area contributed by atoms with Gasteiger partial charge in [0, 0.05) is 28.5 Å². The molecule has 0 saturated heterocycles. The molecule has 0 fully saturated rings.